The topological polar surface area (TPSA) is 74.8 Å². The number of aromatic amines is 1. The normalized spacial score (nSPS) is 29.6. The molecule has 1 aromatic heterocycles. The van der Waals surface area contributed by atoms with Crippen molar-refractivity contribution in [3.05, 3.63) is 12.3 Å². The summed E-state index contributed by atoms with van der Waals surface area (Å²) in [6.07, 6.45) is 4.59. The molecule has 2 rings (SSSR count). The zero-order valence-electron chi connectivity index (χ0n) is 10.2. The first-order valence-corrected chi connectivity index (χ1v) is 7.54. The van der Waals surface area contributed by atoms with Crippen LogP contribution in [0.25, 0.3) is 0 Å². The fourth-order valence-corrected chi connectivity index (χ4v) is 3.92. The van der Waals surface area contributed by atoms with Gasteiger partial charge in [0.1, 0.15) is 0 Å². The van der Waals surface area contributed by atoms with Crippen LogP contribution < -0.4 is 4.72 Å². The summed E-state index contributed by atoms with van der Waals surface area (Å²) in [6.45, 7) is 4.29. The molecule has 1 aliphatic carbocycles. The van der Waals surface area contributed by atoms with E-state index in [1.165, 1.54) is 12.3 Å². The van der Waals surface area contributed by atoms with E-state index in [4.69, 9.17) is 0 Å². The Morgan fingerprint density at radius 3 is 2.82 bits per heavy atom. The van der Waals surface area contributed by atoms with Crippen LogP contribution in [0.1, 0.15) is 33.1 Å². The second kappa shape index (κ2) is 4.78. The van der Waals surface area contributed by atoms with Crippen molar-refractivity contribution >= 4 is 10.0 Å². The van der Waals surface area contributed by atoms with Crippen molar-refractivity contribution in [3.8, 4) is 0 Å². The van der Waals surface area contributed by atoms with Crippen LogP contribution in [0.2, 0.25) is 0 Å². The van der Waals surface area contributed by atoms with Crippen LogP contribution >= 0.6 is 0 Å². The lowest BCUT2D eigenvalue weighted by Gasteiger charge is -2.20. The fourth-order valence-electron chi connectivity index (χ4n) is 2.65. The molecule has 1 fully saturated rings. The largest absolute Gasteiger partial charge is 0.266 e. The molecule has 0 amide bonds. The van der Waals surface area contributed by atoms with Crippen molar-refractivity contribution in [2.75, 3.05) is 0 Å². The lowest BCUT2D eigenvalue weighted by Crippen LogP contribution is -2.37. The van der Waals surface area contributed by atoms with Gasteiger partial charge in [0, 0.05) is 6.04 Å². The van der Waals surface area contributed by atoms with Crippen LogP contribution in [0, 0.1) is 11.8 Å². The zero-order valence-corrected chi connectivity index (χ0v) is 11.0. The number of nitrogens with zero attached hydrogens (tertiary/aromatic N) is 1. The Morgan fingerprint density at radius 2 is 2.29 bits per heavy atom. The van der Waals surface area contributed by atoms with Crippen molar-refractivity contribution in [1.29, 1.82) is 0 Å². The fraction of sp³-hybridized carbons (Fsp3) is 0.727. The third-order valence-electron chi connectivity index (χ3n) is 3.82. The maximum Gasteiger partial charge on any atom is 0.257 e. The average Bonchev–Trinajstić information content (AvgIpc) is 2.90. The molecule has 17 heavy (non-hydrogen) atoms. The minimum atomic E-state index is -3.43. The first kappa shape index (κ1) is 12.6. The Kier molecular flexibility index (Phi) is 3.53. The van der Waals surface area contributed by atoms with E-state index in [0.29, 0.717) is 11.8 Å². The molecular weight excluding hydrogens is 238 g/mol. The van der Waals surface area contributed by atoms with Crippen molar-refractivity contribution in [3.63, 3.8) is 0 Å². The smallest absolute Gasteiger partial charge is 0.257 e. The highest BCUT2D eigenvalue weighted by molar-refractivity contribution is 7.89. The van der Waals surface area contributed by atoms with E-state index >= 15 is 0 Å². The molecule has 0 aliphatic heterocycles. The predicted molar refractivity (Wildman–Crippen MR) is 64.9 cm³/mol. The molecular formula is C11H19N3O2S. The van der Waals surface area contributed by atoms with E-state index in [2.05, 4.69) is 28.8 Å². The predicted octanol–water partition coefficient (Wildman–Crippen LogP) is 1.51. The standard InChI is InChI=1S/C11H19N3O2S/c1-3-9-4-5-10(8(9)2)14-17(15,16)11-6-7-12-13-11/h6-10,14H,3-5H2,1-2H3,(H,12,13). The van der Waals surface area contributed by atoms with E-state index in [1.54, 1.807) is 0 Å². The molecule has 0 saturated heterocycles. The molecule has 96 valence electrons. The quantitative estimate of drug-likeness (QED) is 0.858. The third kappa shape index (κ3) is 2.52. The molecule has 1 heterocycles. The van der Waals surface area contributed by atoms with Gasteiger partial charge in [0.25, 0.3) is 10.0 Å². The van der Waals surface area contributed by atoms with Gasteiger partial charge in [-0.3, -0.25) is 5.10 Å². The summed E-state index contributed by atoms with van der Waals surface area (Å²) in [4.78, 5) is 0. The van der Waals surface area contributed by atoms with Gasteiger partial charge in [-0.1, -0.05) is 20.3 Å². The van der Waals surface area contributed by atoms with Gasteiger partial charge < -0.3 is 0 Å². The number of hydrogen-bond acceptors (Lipinski definition) is 3. The number of sulfonamides is 1. The lowest BCUT2D eigenvalue weighted by atomic mass is 9.94. The van der Waals surface area contributed by atoms with Gasteiger partial charge in [-0.2, -0.15) is 5.10 Å². The maximum absolute atomic E-state index is 12.0. The van der Waals surface area contributed by atoms with E-state index in [0.717, 1.165) is 19.3 Å². The number of H-pyrrole nitrogens is 1. The number of nitrogens with one attached hydrogen (secondary N) is 2. The molecule has 0 spiro atoms. The minimum Gasteiger partial charge on any atom is -0.266 e. The molecule has 2 N–H and O–H groups in total. The molecule has 3 atom stereocenters. The first-order chi connectivity index (χ1) is 8.04. The molecule has 1 aliphatic rings. The Hall–Kier alpha value is -0.880. The number of hydrogen-bond donors (Lipinski definition) is 2. The SMILES string of the molecule is CCC1CCC(NS(=O)(=O)c2ccn[nH]2)C1C. The van der Waals surface area contributed by atoms with Gasteiger partial charge >= 0.3 is 0 Å². The molecule has 6 heteroatoms. The highest BCUT2D eigenvalue weighted by atomic mass is 32.2. The highest BCUT2D eigenvalue weighted by Crippen LogP contribution is 2.34. The Labute approximate surface area is 102 Å². The Bertz CT molecular complexity index is 455. The zero-order chi connectivity index (χ0) is 12.5. The van der Waals surface area contributed by atoms with Crippen LogP contribution in [0.3, 0.4) is 0 Å². The monoisotopic (exact) mass is 257 g/mol. The molecule has 1 saturated carbocycles. The second-order valence-electron chi connectivity index (χ2n) is 4.75. The van der Waals surface area contributed by atoms with E-state index < -0.39 is 10.0 Å². The molecule has 1 aromatic rings. The number of aromatic nitrogens is 2. The van der Waals surface area contributed by atoms with Gasteiger partial charge in [0.2, 0.25) is 0 Å². The van der Waals surface area contributed by atoms with Crippen molar-refractivity contribution < 1.29 is 8.42 Å². The minimum absolute atomic E-state index is 0.0493. The molecule has 0 aromatic carbocycles. The van der Waals surface area contributed by atoms with Crippen LogP contribution in [0.4, 0.5) is 0 Å². The summed E-state index contributed by atoms with van der Waals surface area (Å²) in [5.41, 5.74) is 0. The summed E-state index contributed by atoms with van der Waals surface area (Å²) < 4.78 is 26.8. The summed E-state index contributed by atoms with van der Waals surface area (Å²) in [6, 6.07) is 1.52. The van der Waals surface area contributed by atoms with Crippen LogP contribution in [-0.4, -0.2) is 24.7 Å². The van der Waals surface area contributed by atoms with E-state index in [-0.39, 0.29) is 11.1 Å². The average molecular weight is 257 g/mol. The summed E-state index contributed by atoms with van der Waals surface area (Å²) in [5.74, 6) is 1.03. The Balaban J connectivity index is 2.08. The van der Waals surface area contributed by atoms with Gasteiger partial charge in [-0.15, -0.1) is 0 Å². The summed E-state index contributed by atoms with van der Waals surface area (Å²) >= 11 is 0. The van der Waals surface area contributed by atoms with Crippen LogP contribution in [-0.2, 0) is 10.0 Å². The van der Waals surface area contributed by atoms with Crippen molar-refractivity contribution in [1.82, 2.24) is 14.9 Å². The van der Waals surface area contributed by atoms with Crippen molar-refractivity contribution in [2.45, 2.75) is 44.2 Å². The Morgan fingerprint density at radius 1 is 1.53 bits per heavy atom. The van der Waals surface area contributed by atoms with Gasteiger partial charge in [-0.05, 0) is 30.7 Å². The maximum atomic E-state index is 12.0. The first-order valence-electron chi connectivity index (χ1n) is 6.06. The van der Waals surface area contributed by atoms with Gasteiger partial charge in [0.15, 0.2) is 5.03 Å². The van der Waals surface area contributed by atoms with Gasteiger partial charge in [-0.25, -0.2) is 13.1 Å². The van der Waals surface area contributed by atoms with Crippen LogP contribution in [0.15, 0.2) is 17.3 Å². The molecule has 0 radical (unpaired) electrons. The summed E-state index contributed by atoms with van der Waals surface area (Å²) in [5, 5.41) is 6.30. The van der Waals surface area contributed by atoms with Gasteiger partial charge in [0.05, 0.1) is 6.20 Å². The van der Waals surface area contributed by atoms with E-state index in [1.807, 2.05) is 0 Å². The second-order valence-corrected chi connectivity index (χ2v) is 6.44. The highest BCUT2D eigenvalue weighted by Gasteiger charge is 2.34. The molecule has 5 nitrogen and oxygen atoms in total. The summed E-state index contributed by atoms with van der Waals surface area (Å²) in [7, 11) is -3.43. The molecule has 3 unspecified atom stereocenters. The molecule has 0 bridgehead atoms. The van der Waals surface area contributed by atoms with E-state index in [9.17, 15) is 8.42 Å². The third-order valence-corrected chi connectivity index (χ3v) is 5.24. The van der Waals surface area contributed by atoms with Crippen molar-refractivity contribution in [2.24, 2.45) is 11.8 Å². The number of rotatable bonds is 4. The lowest BCUT2D eigenvalue weighted by molar-refractivity contribution is 0.368. The van der Waals surface area contributed by atoms with Crippen LogP contribution in [0.5, 0.6) is 0 Å².